The first-order valence-electron chi connectivity index (χ1n) is 6.99. The Kier molecular flexibility index (Phi) is 4.48. The number of carbonyl (C=O) groups is 1. The van der Waals surface area contributed by atoms with Crippen molar-refractivity contribution in [1.29, 1.82) is 0 Å². The van der Waals surface area contributed by atoms with Crippen molar-refractivity contribution in [3.63, 3.8) is 0 Å². The van der Waals surface area contributed by atoms with E-state index in [-0.39, 0.29) is 23.9 Å². The van der Waals surface area contributed by atoms with Gasteiger partial charge in [0.1, 0.15) is 5.78 Å². The highest BCUT2D eigenvalue weighted by Gasteiger charge is 2.27. The van der Waals surface area contributed by atoms with Crippen molar-refractivity contribution in [2.45, 2.75) is 37.9 Å². The number of carbonyl (C=O) groups excluding carboxylic acids is 1. The van der Waals surface area contributed by atoms with Gasteiger partial charge in [-0.2, -0.15) is 0 Å². The number of hydrogen-bond donors (Lipinski definition) is 1. The molecule has 1 heterocycles. The van der Waals surface area contributed by atoms with Crippen LogP contribution in [0.5, 0.6) is 0 Å². The monoisotopic (exact) mass is 295 g/mol. The van der Waals surface area contributed by atoms with Gasteiger partial charge in [0.15, 0.2) is 9.84 Å². The number of Topliss-reactive ketones (excluding diaryl/α,β-unsaturated/α-hetero) is 1. The van der Waals surface area contributed by atoms with Crippen LogP contribution in [0.2, 0.25) is 0 Å². The molecule has 4 nitrogen and oxygen atoms in total. The molecule has 0 spiro atoms. The molecule has 110 valence electrons. The summed E-state index contributed by atoms with van der Waals surface area (Å²) >= 11 is 0. The van der Waals surface area contributed by atoms with Crippen LogP contribution in [-0.4, -0.2) is 31.7 Å². The van der Waals surface area contributed by atoms with E-state index in [4.69, 9.17) is 0 Å². The number of sulfone groups is 1. The summed E-state index contributed by atoms with van der Waals surface area (Å²) in [5.41, 5.74) is 1.98. The first kappa shape index (κ1) is 15.0. The van der Waals surface area contributed by atoms with Crippen molar-refractivity contribution < 1.29 is 13.2 Å². The molecule has 0 fully saturated rings. The van der Waals surface area contributed by atoms with Crippen molar-refractivity contribution in [3.8, 4) is 0 Å². The van der Waals surface area contributed by atoms with Crippen LogP contribution in [0.15, 0.2) is 24.3 Å². The highest BCUT2D eigenvalue weighted by atomic mass is 32.2. The van der Waals surface area contributed by atoms with Crippen molar-refractivity contribution in [1.82, 2.24) is 0 Å². The summed E-state index contributed by atoms with van der Waals surface area (Å²) in [5.74, 6) is -0.187. The third-order valence-corrected chi connectivity index (χ3v) is 6.03. The van der Waals surface area contributed by atoms with Crippen molar-refractivity contribution in [2.24, 2.45) is 0 Å². The van der Waals surface area contributed by atoms with Gasteiger partial charge in [0.25, 0.3) is 0 Å². The Labute approximate surface area is 120 Å². The summed E-state index contributed by atoms with van der Waals surface area (Å²) < 4.78 is 23.6. The molecule has 1 aliphatic heterocycles. The largest absolute Gasteiger partial charge is 0.385 e. The molecule has 1 atom stereocenters. The predicted octanol–water partition coefficient (Wildman–Crippen LogP) is 2.37. The molecule has 0 radical (unpaired) electrons. The Morgan fingerprint density at radius 2 is 2.05 bits per heavy atom. The van der Waals surface area contributed by atoms with E-state index in [9.17, 15) is 13.2 Å². The van der Waals surface area contributed by atoms with Gasteiger partial charge >= 0.3 is 0 Å². The molecule has 1 N–H and O–H groups in total. The van der Waals surface area contributed by atoms with Crippen molar-refractivity contribution in [2.75, 3.05) is 17.6 Å². The molecular formula is C15H21NO3S. The zero-order valence-electron chi connectivity index (χ0n) is 11.9. The number of nitrogens with one attached hydrogen (secondary N) is 1. The number of ketones is 1. The molecule has 1 aromatic rings. The molecular weight excluding hydrogens is 274 g/mol. The summed E-state index contributed by atoms with van der Waals surface area (Å²) in [4.78, 5) is 12.3. The second-order valence-electron chi connectivity index (χ2n) is 5.49. The van der Waals surface area contributed by atoms with Gasteiger partial charge in [-0.15, -0.1) is 0 Å². The highest BCUT2D eigenvalue weighted by molar-refractivity contribution is 7.91. The van der Waals surface area contributed by atoms with E-state index in [1.807, 2.05) is 24.3 Å². The van der Waals surface area contributed by atoms with Crippen LogP contribution in [-0.2, 0) is 14.6 Å². The third-order valence-electron chi connectivity index (χ3n) is 3.82. The average molecular weight is 295 g/mol. The fourth-order valence-corrected chi connectivity index (χ4v) is 3.41. The number of fused-ring (bicyclic) bond motifs is 1. The van der Waals surface area contributed by atoms with Gasteiger partial charge in [0.2, 0.25) is 0 Å². The number of para-hydroxylation sites is 1. The summed E-state index contributed by atoms with van der Waals surface area (Å²) in [7, 11) is -3.15. The average Bonchev–Trinajstić information content (AvgIpc) is 2.44. The Bertz CT molecular complexity index is 593. The molecule has 20 heavy (non-hydrogen) atoms. The van der Waals surface area contributed by atoms with E-state index < -0.39 is 15.1 Å². The lowest BCUT2D eigenvalue weighted by Gasteiger charge is -2.25. The van der Waals surface area contributed by atoms with E-state index in [2.05, 4.69) is 5.32 Å². The van der Waals surface area contributed by atoms with E-state index in [0.717, 1.165) is 24.2 Å². The predicted molar refractivity (Wildman–Crippen MR) is 80.8 cm³/mol. The maximum Gasteiger partial charge on any atom is 0.153 e. The topological polar surface area (TPSA) is 63.2 Å². The van der Waals surface area contributed by atoms with Crippen LogP contribution in [0, 0.1) is 0 Å². The van der Waals surface area contributed by atoms with Gasteiger partial charge in [-0.3, -0.25) is 4.79 Å². The zero-order chi connectivity index (χ0) is 14.8. The number of benzene rings is 1. The van der Waals surface area contributed by atoms with Crippen LogP contribution >= 0.6 is 0 Å². The summed E-state index contributed by atoms with van der Waals surface area (Å²) in [5, 5.41) is 2.85. The van der Waals surface area contributed by atoms with Crippen LogP contribution in [0.4, 0.5) is 5.69 Å². The molecule has 1 aliphatic rings. The quantitative estimate of drug-likeness (QED) is 0.906. The molecule has 0 saturated heterocycles. The second kappa shape index (κ2) is 5.95. The van der Waals surface area contributed by atoms with Gasteiger partial charge in [0.05, 0.1) is 11.0 Å². The lowest BCUT2D eigenvalue weighted by atomic mass is 9.87. The number of anilines is 1. The summed E-state index contributed by atoms with van der Waals surface area (Å²) in [6.45, 7) is 4.06. The maximum atomic E-state index is 12.3. The van der Waals surface area contributed by atoms with E-state index >= 15 is 0 Å². The molecule has 2 rings (SSSR count). The van der Waals surface area contributed by atoms with E-state index in [0.29, 0.717) is 0 Å². The summed E-state index contributed by atoms with van der Waals surface area (Å²) in [6, 6.07) is 7.75. The van der Waals surface area contributed by atoms with Crippen molar-refractivity contribution in [3.05, 3.63) is 29.8 Å². The third kappa shape index (κ3) is 3.20. The van der Waals surface area contributed by atoms with Gasteiger partial charge in [-0.25, -0.2) is 8.42 Å². The van der Waals surface area contributed by atoms with Gasteiger partial charge in [0, 0.05) is 24.6 Å². The Hall–Kier alpha value is -1.36. The van der Waals surface area contributed by atoms with Crippen molar-refractivity contribution >= 4 is 21.3 Å². The molecule has 1 unspecified atom stereocenters. The minimum atomic E-state index is -3.15. The Morgan fingerprint density at radius 1 is 1.35 bits per heavy atom. The minimum absolute atomic E-state index is 0.0307. The van der Waals surface area contributed by atoms with Crippen LogP contribution in [0.25, 0.3) is 0 Å². The number of hydrogen-bond acceptors (Lipinski definition) is 4. The first-order valence-corrected chi connectivity index (χ1v) is 8.70. The highest BCUT2D eigenvalue weighted by Crippen LogP contribution is 2.32. The van der Waals surface area contributed by atoms with Crippen LogP contribution in [0.1, 0.15) is 38.2 Å². The molecule has 0 bridgehead atoms. The standard InChI is InChI=1S/C15H21NO3S/c1-11(2)20(18,19)10-8-15(17)13-7-9-16-14-6-4-3-5-12(13)14/h3-6,11,13,16H,7-10H2,1-2H3. The Morgan fingerprint density at radius 3 is 2.75 bits per heavy atom. The molecule has 0 saturated carbocycles. The maximum absolute atomic E-state index is 12.3. The molecule has 0 aliphatic carbocycles. The Balaban J connectivity index is 2.08. The minimum Gasteiger partial charge on any atom is -0.385 e. The zero-order valence-corrected chi connectivity index (χ0v) is 12.7. The number of rotatable bonds is 5. The normalized spacial score (nSPS) is 18.4. The smallest absolute Gasteiger partial charge is 0.153 e. The van der Waals surface area contributed by atoms with Crippen LogP contribution < -0.4 is 5.32 Å². The van der Waals surface area contributed by atoms with Crippen LogP contribution in [0.3, 0.4) is 0 Å². The fraction of sp³-hybridized carbons (Fsp3) is 0.533. The summed E-state index contributed by atoms with van der Waals surface area (Å²) in [6.07, 6.45) is 0.844. The SMILES string of the molecule is CC(C)S(=O)(=O)CCC(=O)C1CCNc2ccccc21. The fourth-order valence-electron chi connectivity index (χ4n) is 2.46. The first-order chi connectivity index (χ1) is 9.42. The van der Waals surface area contributed by atoms with Gasteiger partial charge in [-0.1, -0.05) is 18.2 Å². The molecule has 5 heteroatoms. The lowest BCUT2D eigenvalue weighted by Crippen LogP contribution is -2.26. The van der Waals surface area contributed by atoms with Gasteiger partial charge in [-0.05, 0) is 31.9 Å². The second-order valence-corrected chi connectivity index (χ2v) is 8.16. The van der Waals surface area contributed by atoms with Gasteiger partial charge < -0.3 is 5.32 Å². The molecule has 0 amide bonds. The van der Waals surface area contributed by atoms with E-state index in [1.54, 1.807) is 13.8 Å². The molecule has 0 aromatic heterocycles. The van der Waals surface area contributed by atoms with E-state index in [1.165, 1.54) is 0 Å². The lowest BCUT2D eigenvalue weighted by molar-refractivity contribution is -0.120. The molecule has 1 aromatic carbocycles.